The molecule has 0 aliphatic carbocycles. The number of hydrogen-bond acceptors (Lipinski definition) is 2. The molecule has 2 N–H and O–H groups in total. The van der Waals surface area contributed by atoms with Crippen molar-refractivity contribution in [3.8, 4) is 11.1 Å². The zero-order chi connectivity index (χ0) is 14.3. The van der Waals surface area contributed by atoms with Crippen LogP contribution in [0.4, 0.5) is 13.2 Å². The van der Waals surface area contributed by atoms with Gasteiger partial charge in [0.05, 0.1) is 0 Å². The van der Waals surface area contributed by atoms with Crippen molar-refractivity contribution in [2.75, 3.05) is 0 Å². The lowest BCUT2D eigenvalue weighted by Gasteiger charge is -2.09. The topological polar surface area (TPSA) is 44.9 Å². The van der Waals surface area contributed by atoms with Gasteiger partial charge in [0.15, 0.2) is 0 Å². The van der Waals surface area contributed by atoms with Gasteiger partial charge < -0.3 is 10.3 Å². The molecule has 20 heavy (non-hydrogen) atoms. The molecule has 0 saturated heterocycles. The van der Waals surface area contributed by atoms with E-state index < -0.39 is 17.3 Å². The van der Waals surface area contributed by atoms with Crippen LogP contribution in [0.3, 0.4) is 0 Å². The Morgan fingerprint density at radius 1 is 1.00 bits per heavy atom. The van der Waals surface area contributed by atoms with Crippen molar-refractivity contribution in [1.82, 2.24) is 10.3 Å². The number of aromatic nitrogens is 1. The molecule has 2 heterocycles. The van der Waals surface area contributed by atoms with Crippen LogP contribution in [0.5, 0.6) is 0 Å². The SMILES string of the molecule is O=c1[nH]cc(-c2ccc3c(c2)CNC3)cc1C(F)(F)F. The minimum atomic E-state index is -4.65. The summed E-state index contributed by atoms with van der Waals surface area (Å²) in [7, 11) is 0. The number of nitrogens with one attached hydrogen (secondary N) is 2. The van der Waals surface area contributed by atoms with Gasteiger partial charge in [-0.3, -0.25) is 4.79 Å². The normalized spacial score (nSPS) is 14.3. The van der Waals surface area contributed by atoms with Crippen LogP contribution in [0.2, 0.25) is 0 Å². The third-order valence-corrected chi connectivity index (χ3v) is 3.38. The van der Waals surface area contributed by atoms with Gasteiger partial charge in [-0.05, 0) is 34.4 Å². The first-order chi connectivity index (χ1) is 9.45. The lowest BCUT2D eigenvalue weighted by atomic mass is 10.0. The fourth-order valence-electron chi connectivity index (χ4n) is 2.34. The highest BCUT2D eigenvalue weighted by atomic mass is 19.4. The van der Waals surface area contributed by atoms with Gasteiger partial charge in [-0.15, -0.1) is 0 Å². The van der Waals surface area contributed by atoms with Gasteiger partial charge in [-0.1, -0.05) is 12.1 Å². The molecule has 0 amide bonds. The van der Waals surface area contributed by atoms with Gasteiger partial charge in [0.1, 0.15) is 5.56 Å². The van der Waals surface area contributed by atoms with Crippen LogP contribution in [0.1, 0.15) is 16.7 Å². The predicted octanol–water partition coefficient (Wildman–Crippen LogP) is 2.66. The maximum atomic E-state index is 12.7. The largest absolute Gasteiger partial charge is 0.421 e. The van der Waals surface area contributed by atoms with E-state index in [-0.39, 0.29) is 0 Å². The smallest absolute Gasteiger partial charge is 0.328 e. The molecule has 2 aromatic rings. The summed E-state index contributed by atoms with van der Waals surface area (Å²) in [5.74, 6) is 0. The standard InChI is InChI=1S/C14H11F3N2O/c15-14(16,17)12-4-11(7-19-13(12)20)8-1-2-9-5-18-6-10(9)3-8/h1-4,7,18H,5-6H2,(H,19,20). The fraction of sp³-hybridized carbons (Fsp3) is 0.214. The summed E-state index contributed by atoms with van der Waals surface area (Å²) in [5.41, 5.74) is 0.940. The molecule has 0 radical (unpaired) electrons. The molecule has 0 unspecified atom stereocenters. The van der Waals surface area contributed by atoms with Gasteiger partial charge in [0.2, 0.25) is 0 Å². The second-order valence-electron chi connectivity index (χ2n) is 4.72. The molecular formula is C14H11F3N2O. The number of benzene rings is 1. The van der Waals surface area contributed by atoms with Crippen LogP contribution < -0.4 is 10.9 Å². The summed E-state index contributed by atoms with van der Waals surface area (Å²) in [4.78, 5) is 13.4. The monoisotopic (exact) mass is 280 g/mol. The van der Waals surface area contributed by atoms with E-state index in [1.54, 1.807) is 6.07 Å². The first kappa shape index (κ1) is 12.9. The molecule has 3 rings (SSSR count). The maximum Gasteiger partial charge on any atom is 0.421 e. The Labute approximate surface area is 112 Å². The zero-order valence-electron chi connectivity index (χ0n) is 10.3. The molecule has 1 aliphatic heterocycles. The number of fused-ring (bicyclic) bond motifs is 1. The van der Waals surface area contributed by atoms with E-state index >= 15 is 0 Å². The predicted molar refractivity (Wildman–Crippen MR) is 68.0 cm³/mol. The van der Waals surface area contributed by atoms with E-state index in [2.05, 4.69) is 10.3 Å². The minimum Gasteiger partial charge on any atom is -0.328 e. The summed E-state index contributed by atoms with van der Waals surface area (Å²) >= 11 is 0. The molecule has 6 heteroatoms. The van der Waals surface area contributed by atoms with E-state index in [0.717, 1.165) is 23.7 Å². The second-order valence-corrected chi connectivity index (χ2v) is 4.72. The number of halogens is 3. The second kappa shape index (κ2) is 4.49. The molecule has 104 valence electrons. The molecule has 1 aliphatic rings. The zero-order valence-corrected chi connectivity index (χ0v) is 10.3. The number of pyridine rings is 1. The molecule has 0 saturated carbocycles. The van der Waals surface area contributed by atoms with Crippen molar-refractivity contribution in [2.24, 2.45) is 0 Å². The highest BCUT2D eigenvalue weighted by Crippen LogP contribution is 2.30. The number of aromatic amines is 1. The Hall–Kier alpha value is -2.08. The first-order valence-electron chi connectivity index (χ1n) is 6.08. The molecule has 0 fully saturated rings. The Morgan fingerprint density at radius 2 is 1.75 bits per heavy atom. The Bertz CT molecular complexity index is 719. The molecule has 0 atom stereocenters. The van der Waals surface area contributed by atoms with Crippen molar-refractivity contribution >= 4 is 0 Å². The third-order valence-electron chi connectivity index (χ3n) is 3.38. The van der Waals surface area contributed by atoms with Crippen LogP contribution in [-0.4, -0.2) is 4.98 Å². The van der Waals surface area contributed by atoms with Crippen molar-refractivity contribution in [3.63, 3.8) is 0 Å². The molecule has 1 aromatic carbocycles. The van der Waals surface area contributed by atoms with Crippen molar-refractivity contribution < 1.29 is 13.2 Å². The Kier molecular flexibility index (Phi) is 2.90. The van der Waals surface area contributed by atoms with Gasteiger partial charge >= 0.3 is 6.18 Å². The van der Waals surface area contributed by atoms with Gasteiger partial charge in [0, 0.05) is 19.3 Å². The number of rotatable bonds is 1. The van der Waals surface area contributed by atoms with Crippen LogP contribution in [0.15, 0.2) is 35.3 Å². The van der Waals surface area contributed by atoms with Gasteiger partial charge in [-0.2, -0.15) is 13.2 Å². The number of alkyl halides is 3. The summed E-state index contributed by atoms with van der Waals surface area (Å²) in [5, 5.41) is 3.17. The number of hydrogen-bond donors (Lipinski definition) is 2. The van der Waals surface area contributed by atoms with E-state index in [1.165, 1.54) is 6.20 Å². The highest BCUT2D eigenvalue weighted by molar-refractivity contribution is 5.65. The molecule has 1 aromatic heterocycles. The van der Waals surface area contributed by atoms with E-state index in [1.807, 2.05) is 12.1 Å². The highest BCUT2D eigenvalue weighted by Gasteiger charge is 2.34. The lowest BCUT2D eigenvalue weighted by Crippen LogP contribution is -2.20. The lowest BCUT2D eigenvalue weighted by molar-refractivity contribution is -0.138. The van der Waals surface area contributed by atoms with Crippen molar-refractivity contribution in [1.29, 1.82) is 0 Å². The van der Waals surface area contributed by atoms with Gasteiger partial charge in [0.25, 0.3) is 5.56 Å². The summed E-state index contributed by atoms with van der Waals surface area (Å²) < 4.78 is 38.2. The fourth-order valence-corrected chi connectivity index (χ4v) is 2.34. The summed E-state index contributed by atoms with van der Waals surface area (Å²) in [6.07, 6.45) is -3.34. The van der Waals surface area contributed by atoms with Crippen molar-refractivity contribution in [3.05, 3.63) is 57.5 Å². The third kappa shape index (κ3) is 2.22. The van der Waals surface area contributed by atoms with E-state index in [9.17, 15) is 18.0 Å². The van der Waals surface area contributed by atoms with Crippen LogP contribution in [0.25, 0.3) is 11.1 Å². The van der Waals surface area contributed by atoms with Crippen LogP contribution >= 0.6 is 0 Å². The van der Waals surface area contributed by atoms with Crippen LogP contribution in [0, 0.1) is 0 Å². The van der Waals surface area contributed by atoms with Crippen molar-refractivity contribution in [2.45, 2.75) is 19.3 Å². The average molecular weight is 280 g/mol. The first-order valence-corrected chi connectivity index (χ1v) is 6.08. The van der Waals surface area contributed by atoms with Gasteiger partial charge in [-0.25, -0.2) is 0 Å². The molecule has 3 nitrogen and oxygen atoms in total. The van der Waals surface area contributed by atoms with E-state index in [4.69, 9.17) is 0 Å². The molecular weight excluding hydrogens is 269 g/mol. The molecule has 0 spiro atoms. The average Bonchev–Trinajstić information content (AvgIpc) is 2.85. The van der Waals surface area contributed by atoms with E-state index in [0.29, 0.717) is 17.7 Å². The summed E-state index contributed by atoms with van der Waals surface area (Å²) in [6.45, 7) is 1.48. The Morgan fingerprint density at radius 3 is 2.50 bits per heavy atom. The van der Waals surface area contributed by atoms with Crippen LogP contribution in [-0.2, 0) is 19.3 Å². The minimum absolute atomic E-state index is 0.353. The number of H-pyrrole nitrogens is 1. The summed E-state index contributed by atoms with van der Waals surface area (Å²) in [6, 6.07) is 6.40. The Balaban J connectivity index is 2.09. The molecule has 0 bridgehead atoms. The quantitative estimate of drug-likeness (QED) is 0.843. The maximum absolute atomic E-state index is 12.7.